The molecule has 0 atom stereocenters. The third-order valence-corrected chi connectivity index (χ3v) is 5.66. The maximum Gasteiger partial charge on any atom is 0.243 e. The smallest absolute Gasteiger partial charge is 0.243 e. The van der Waals surface area contributed by atoms with Gasteiger partial charge in [-0.25, -0.2) is 8.42 Å². The maximum absolute atomic E-state index is 13.0. The van der Waals surface area contributed by atoms with E-state index >= 15 is 0 Å². The van der Waals surface area contributed by atoms with E-state index in [1.54, 1.807) is 12.1 Å². The number of hydrogen-bond acceptors (Lipinski definition) is 3. The first-order chi connectivity index (χ1) is 9.90. The summed E-state index contributed by atoms with van der Waals surface area (Å²) in [5, 5.41) is 1.70. The van der Waals surface area contributed by atoms with Crippen molar-refractivity contribution >= 4 is 20.8 Å². The van der Waals surface area contributed by atoms with Gasteiger partial charge in [-0.05, 0) is 25.3 Å². The van der Waals surface area contributed by atoms with Crippen LogP contribution in [0.4, 0.5) is 0 Å². The summed E-state index contributed by atoms with van der Waals surface area (Å²) in [6.07, 6.45) is 0. The molecule has 0 bridgehead atoms. The molecule has 21 heavy (non-hydrogen) atoms. The van der Waals surface area contributed by atoms with Crippen molar-refractivity contribution in [2.24, 2.45) is 0 Å². The van der Waals surface area contributed by atoms with Crippen molar-refractivity contribution in [2.75, 3.05) is 19.7 Å². The fourth-order valence-electron chi connectivity index (χ4n) is 2.74. The molecular weight excluding hydrogens is 286 g/mol. The van der Waals surface area contributed by atoms with E-state index in [-0.39, 0.29) is 0 Å². The molecule has 0 N–H and O–H groups in total. The summed E-state index contributed by atoms with van der Waals surface area (Å²) in [5.74, 6) is 0. The lowest BCUT2D eigenvalue weighted by Gasteiger charge is -2.37. The van der Waals surface area contributed by atoms with E-state index in [0.717, 1.165) is 10.8 Å². The summed E-state index contributed by atoms with van der Waals surface area (Å²) in [4.78, 5) is 0.373. The molecule has 1 saturated heterocycles. The number of rotatable bonds is 2. The fraction of sp³-hybridized carbons (Fsp3) is 0.375. The van der Waals surface area contributed by atoms with Crippen LogP contribution in [-0.4, -0.2) is 38.0 Å². The minimum atomic E-state index is -3.51. The summed E-state index contributed by atoms with van der Waals surface area (Å²) in [6.45, 7) is 5.03. The second kappa shape index (κ2) is 5.09. The predicted molar refractivity (Wildman–Crippen MR) is 82.7 cm³/mol. The van der Waals surface area contributed by atoms with Gasteiger partial charge in [0, 0.05) is 18.5 Å². The monoisotopic (exact) mass is 305 g/mol. The van der Waals surface area contributed by atoms with Crippen molar-refractivity contribution in [2.45, 2.75) is 24.3 Å². The van der Waals surface area contributed by atoms with E-state index in [9.17, 15) is 8.42 Å². The first-order valence-electron chi connectivity index (χ1n) is 7.02. The molecule has 0 saturated carbocycles. The molecule has 2 aromatic rings. The Bertz CT molecular complexity index is 763. The molecule has 112 valence electrons. The molecule has 2 aromatic carbocycles. The standard InChI is InChI=1S/C16H19NO3S/c1-16(2)12-17(10-11-20-16)21(18,19)15-9-5-7-13-6-3-4-8-14(13)15/h3-9H,10-12H2,1-2H3. The van der Waals surface area contributed by atoms with E-state index in [1.165, 1.54) is 4.31 Å². The molecule has 0 radical (unpaired) electrons. The molecular formula is C16H19NO3S. The Morgan fingerprint density at radius 2 is 1.81 bits per heavy atom. The van der Waals surface area contributed by atoms with Crippen LogP contribution in [0.5, 0.6) is 0 Å². The lowest BCUT2D eigenvalue weighted by atomic mass is 10.1. The van der Waals surface area contributed by atoms with Gasteiger partial charge in [0.25, 0.3) is 0 Å². The molecule has 0 aromatic heterocycles. The first-order valence-corrected chi connectivity index (χ1v) is 8.46. The van der Waals surface area contributed by atoms with Crippen LogP contribution in [-0.2, 0) is 14.8 Å². The van der Waals surface area contributed by atoms with E-state index in [4.69, 9.17) is 4.74 Å². The van der Waals surface area contributed by atoms with E-state index in [2.05, 4.69) is 0 Å². The number of fused-ring (bicyclic) bond motifs is 1. The zero-order valence-corrected chi connectivity index (χ0v) is 13.1. The molecule has 0 aliphatic carbocycles. The lowest BCUT2D eigenvalue weighted by molar-refractivity contribution is -0.0640. The Kier molecular flexibility index (Phi) is 3.51. The number of ether oxygens (including phenoxy) is 1. The SMILES string of the molecule is CC1(C)CN(S(=O)(=O)c2cccc3ccccc23)CCO1. The van der Waals surface area contributed by atoms with Gasteiger partial charge in [-0.3, -0.25) is 0 Å². The minimum absolute atomic E-state index is 0.373. The highest BCUT2D eigenvalue weighted by molar-refractivity contribution is 7.89. The highest BCUT2D eigenvalue weighted by Crippen LogP contribution is 2.28. The van der Waals surface area contributed by atoms with Gasteiger partial charge in [-0.15, -0.1) is 0 Å². The van der Waals surface area contributed by atoms with Gasteiger partial charge in [0.15, 0.2) is 0 Å². The van der Waals surface area contributed by atoms with Gasteiger partial charge >= 0.3 is 0 Å². The van der Waals surface area contributed by atoms with Crippen LogP contribution in [0.15, 0.2) is 47.4 Å². The molecule has 1 aliphatic rings. The summed E-state index contributed by atoms with van der Waals surface area (Å²) in [6, 6.07) is 13.0. The quantitative estimate of drug-likeness (QED) is 0.857. The normalized spacial score (nSPS) is 19.7. The molecule has 0 amide bonds. The Morgan fingerprint density at radius 3 is 2.57 bits per heavy atom. The topological polar surface area (TPSA) is 46.6 Å². The van der Waals surface area contributed by atoms with Crippen LogP contribution < -0.4 is 0 Å². The molecule has 1 aliphatic heterocycles. The zero-order chi connectivity index (χ0) is 15.1. The number of benzene rings is 2. The highest BCUT2D eigenvalue weighted by atomic mass is 32.2. The van der Waals surface area contributed by atoms with Crippen LogP contribution in [0.2, 0.25) is 0 Å². The van der Waals surface area contributed by atoms with Crippen molar-refractivity contribution in [1.29, 1.82) is 0 Å². The molecule has 4 nitrogen and oxygen atoms in total. The summed E-state index contributed by atoms with van der Waals surface area (Å²) < 4.78 is 33.1. The number of sulfonamides is 1. The largest absolute Gasteiger partial charge is 0.373 e. The first kappa shape index (κ1) is 14.5. The van der Waals surface area contributed by atoms with E-state index in [0.29, 0.717) is 24.6 Å². The van der Waals surface area contributed by atoms with Crippen LogP contribution in [0, 0.1) is 0 Å². The minimum Gasteiger partial charge on any atom is -0.373 e. The number of morpholine rings is 1. The Hall–Kier alpha value is -1.43. The molecule has 0 spiro atoms. The maximum atomic E-state index is 13.0. The van der Waals surface area contributed by atoms with Crippen molar-refractivity contribution < 1.29 is 13.2 Å². The lowest BCUT2D eigenvalue weighted by Crippen LogP contribution is -2.50. The second-order valence-electron chi connectivity index (χ2n) is 5.92. The Morgan fingerprint density at radius 1 is 1.10 bits per heavy atom. The van der Waals surface area contributed by atoms with E-state index in [1.807, 2.05) is 44.2 Å². The van der Waals surface area contributed by atoms with Crippen molar-refractivity contribution in [3.05, 3.63) is 42.5 Å². The molecule has 3 rings (SSSR count). The second-order valence-corrected chi connectivity index (χ2v) is 7.83. The Balaban J connectivity index is 2.09. The average molecular weight is 305 g/mol. The zero-order valence-electron chi connectivity index (χ0n) is 12.2. The van der Waals surface area contributed by atoms with Gasteiger partial charge in [0.05, 0.1) is 17.1 Å². The highest BCUT2D eigenvalue weighted by Gasteiger charge is 2.35. The Labute approximate surface area is 125 Å². The molecule has 0 unspecified atom stereocenters. The molecule has 1 fully saturated rings. The number of hydrogen-bond donors (Lipinski definition) is 0. The van der Waals surface area contributed by atoms with Crippen LogP contribution in [0.1, 0.15) is 13.8 Å². The average Bonchev–Trinajstić information content (AvgIpc) is 2.45. The van der Waals surface area contributed by atoms with Crippen molar-refractivity contribution in [3.63, 3.8) is 0 Å². The summed E-state index contributed by atoms with van der Waals surface area (Å²) >= 11 is 0. The van der Waals surface area contributed by atoms with E-state index < -0.39 is 15.6 Å². The van der Waals surface area contributed by atoms with Crippen molar-refractivity contribution in [3.8, 4) is 0 Å². The van der Waals surface area contributed by atoms with Gasteiger partial charge in [-0.1, -0.05) is 36.4 Å². The third-order valence-electron chi connectivity index (χ3n) is 3.76. The molecule has 1 heterocycles. The van der Waals surface area contributed by atoms with Gasteiger partial charge in [-0.2, -0.15) is 4.31 Å². The predicted octanol–water partition coefficient (Wildman–Crippen LogP) is 2.64. The molecule has 5 heteroatoms. The fourth-order valence-corrected chi connectivity index (χ4v) is 4.53. The van der Waals surface area contributed by atoms with Gasteiger partial charge < -0.3 is 4.74 Å². The third kappa shape index (κ3) is 2.69. The summed E-state index contributed by atoms with van der Waals surface area (Å²) in [7, 11) is -3.51. The van der Waals surface area contributed by atoms with Gasteiger partial charge in [0.1, 0.15) is 0 Å². The summed E-state index contributed by atoms with van der Waals surface area (Å²) in [5.41, 5.74) is -0.449. The number of nitrogens with zero attached hydrogens (tertiary/aromatic N) is 1. The van der Waals surface area contributed by atoms with Crippen LogP contribution >= 0.6 is 0 Å². The van der Waals surface area contributed by atoms with Gasteiger partial charge in [0.2, 0.25) is 10.0 Å². The van der Waals surface area contributed by atoms with Crippen LogP contribution in [0.25, 0.3) is 10.8 Å². The van der Waals surface area contributed by atoms with Crippen LogP contribution in [0.3, 0.4) is 0 Å². The van der Waals surface area contributed by atoms with Crippen molar-refractivity contribution in [1.82, 2.24) is 4.31 Å².